The molecule has 0 spiro atoms. The lowest BCUT2D eigenvalue weighted by Gasteiger charge is -2.12. The molecule has 0 saturated carbocycles. The van der Waals surface area contributed by atoms with Crippen molar-refractivity contribution in [2.75, 3.05) is 6.61 Å². The Kier molecular flexibility index (Phi) is 3.42. The molecule has 8 heteroatoms. The molecular weight excluding hydrogens is 203 g/mol. The first kappa shape index (κ1) is 11.1. The minimum atomic E-state index is -4.60. The van der Waals surface area contributed by atoms with Crippen molar-refractivity contribution in [1.82, 2.24) is 0 Å². The van der Waals surface area contributed by atoms with Crippen molar-refractivity contribution in [3.8, 4) is 0 Å². The van der Waals surface area contributed by atoms with E-state index >= 15 is 0 Å². The Morgan fingerprint density at radius 3 is 2.54 bits per heavy atom. The average molecular weight is 214 g/mol. The lowest BCUT2D eigenvalue weighted by atomic mass is 10.2. The first-order chi connectivity index (χ1) is 5.92. The standard InChI is InChI=1S/C5H11O7P/c6-2-4-3(7)1-5(11-4)12-13(8,9)10/h3-7H,1-2H2,(H2,8,9,10)/t3-,4+,5?/m0/s1. The van der Waals surface area contributed by atoms with Crippen molar-refractivity contribution >= 4 is 7.82 Å². The van der Waals surface area contributed by atoms with Gasteiger partial charge in [-0.1, -0.05) is 0 Å². The third kappa shape index (κ3) is 3.32. The monoisotopic (exact) mass is 214 g/mol. The summed E-state index contributed by atoms with van der Waals surface area (Å²) < 4.78 is 19.3. The van der Waals surface area contributed by atoms with Gasteiger partial charge in [-0.25, -0.2) is 4.57 Å². The van der Waals surface area contributed by atoms with Crippen molar-refractivity contribution < 1.29 is 33.8 Å². The highest BCUT2D eigenvalue weighted by Gasteiger charge is 2.37. The van der Waals surface area contributed by atoms with Crippen LogP contribution in [0, 0.1) is 0 Å². The summed E-state index contributed by atoms with van der Waals surface area (Å²) in [5.41, 5.74) is 0. The number of hydrogen-bond donors (Lipinski definition) is 4. The average Bonchev–Trinajstić information content (AvgIpc) is 2.26. The predicted molar refractivity (Wildman–Crippen MR) is 39.5 cm³/mol. The second-order valence-electron chi connectivity index (χ2n) is 2.69. The van der Waals surface area contributed by atoms with Crippen molar-refractivity contribution in [3.63, 3.8) is 0 Å². The topological polar surface area (TPSA) is 116 Å². The molecule has 0 aliphatic carbocycles. The predicted octanol–water partition coefficient (Wildman–Crippen LogP) is -1.44. The van der Waals surface area contributed by atoms with Crippen molar-refractivity contribution in [3.05, 3.63) is 0 Å². The molecule has 1 aliphatic rings. The Labute approximate surface area is 74.1 Å². The third-order valence-electron chi connectivity index (χ3n) is 1.62. The smallest absolute Gasteiger partial charge is 0.394 e. The molecule has 1 fully saturated rings. The maximum Gasteiger partial charge on any atom is 0.471 e. The fourth-order valence-corrected chi connectivity index (χ4v) is 1.52. The molecular formula is C5H11O7P. The Bertz CT molecular complexity index is 213. The molecule has 0 aromatic carbocycles. The number of phosphoric acid groups is 1. The van der Waals surface area contributed by atoms with Gasteiger partial charge in [-0.05, 0) is 0 Å². The normalized spacial score (nSPS) is 35.2. The van der Waals surface area contributed by atoms with E-state index in [1.165, 1.54) is 0 Å². The zero-order valence-corrected chi connectivity index (χ0v) is 7.50. The van der Waals surface area contributed by atoms with Gasteiger partial charge in [-0.3, -0.25) is 4.52 Å². The van der Waals surface area contributed by atoms with E-state index in [0.717, 1.165) is 0 Å². The molecule has 1 saturated heterocycles. The van der Waals surface area contributed by atoms with Crippen LogP contribution in [0.2, 0.25) is 0 Å². The summed E-state index contributed by atoms with van der Waals surface area (Å²) in [5.74, 6) is 0. The molecule has 1 rings (SSSR count). The van der Waals surface area contributed by atoms with Crippen LogP contribution in [0.1, 0.15) is 6.42 Å². The van der Waals surface area contributed by atoms with Crippen molar-refractivity contribution in [1.29, 1.82) is 0 Å². The Morgan fingerprint density at radius 2 is 2.15 bits per heavy atom. The van der Waals surface area contributed by atoms with Crippen LogP contribution in [-0.4, -0.2) is 45.1 Å². The van der Waals surface area contributed by atoms with E-state index in [4.69, 9.17) is 24.7 Å². The number of rotatable bonds is 3. The van der Waals surface area contributed by atoms with Gasteiger partial charge in [0.2, 0.25) is 0 Å². The minimum absolute atomic E-state index is 0.0592. The van der Waals surface area contributed by atoms with Gasteiger partial charge in [-0.2, -0.15) is 0 Å². The van der Waals surface area contributed by atoms with Gasteiger partial charge < -0.3 is 24.7 Å². The first-order valence-electron chi connectivity index (χ1n) is 3.60. The second kappa shape index (κ2) is 4.02. The molecule has 0 amide bonds. The number of phosphoric ester groups is 1. The van der Waals surface area contributed by atoms with Gasteiger partial charge >= 0.3 is 7.82 Å². The van der Waals surface area contributed by atoms with Crippen LogP contribution in [0.5, 0.6) is 0 Å². The van der Waals surface area contributed by atoms with E-state index in [1.807, 2.05) is 0 Å². The Balaban J connectivity index is 2.45. The summed E-state index contributed by atoms with van der Waals surface area (Å²) >= 11 is 0. The molecule has 1 heterocycles. The summed E-state index contributed by atoms with van der Waals surface area (Å²) in [6.07, 6.45) is -3.01. The van der Waals surface area contributed by atoms with E-state index in [9.17, 15) is 4.57 Å². The first-order valence-corrected chi connectivity index (χ1v) is 5.14. The molecule has 4 N–H and O–H groups in total. The molecule has 0 aromatic heterocycles. The van der Waals surface area contributed by atoms with Crippen LogP contribution in [0.3, 0.4) is 0 Å². The highest BCUT2D eigenvalue weighted by Crippen LogP contribution is 2.40. The summed E-state index contributed by atoms with van der Waals surface area (Å²) in [6.45, 7) is -0.414. The number of aliphatic hydroxyl groups is 2. The van der Waals surface area contributed by atoms with Crippen LogP contribution < -0.4 is 0 Å². The maximum absolute atomic E-state index is 10.3. The maximum atomic E-state index is 10.3. The van der Waals surface area contributed by atoms with E-state index in [2.05, 4.69) is 4.52 Å². The number of hydrogen-bond acceptors (Lipinski definition) is 5. The number of ether oxygens (including phenoxy) is 1. The fraction of sp³-hybridized carbons (Fsp3) is 1.00. The van der Waals surface area contributed by atoms with Gasteiger partial charge in [0.05, 0.1) is 12.7 Å². The van der Waals surface area contributed by atoms with Crippen LogP contribution in [0.15, 0.2) is 0 Å². The molecule has 0 bridgehead atoms. The lowest BCUT2D eigenvalue weighted by Crippen LogP contribution is -2.24. The van der Waals surface area contributed by atoms with Gasteiger partial charge in [0.15, 0.2) is 6.29 Å². The highest BCUT2D eigenvalue weighted by atomic mass is 31.2. The van der Waals surface area contributed by atoms with Crippen LogP contribution in [-0.2, 0) is 13.8 Å². The van der Waals surface area contributed by atoms with E-state index in [-0.39, 0.29) is 6.42 Å². The molecule has 0 aromatic rings. The summed E-state index contributed by atoms with van der Waals surface area (Å²) in [4.78, 5) is 16.8. The SMILES string of the molecule is O=P(O)(O)OC1C[C@H](O)[C@@H](CO)O1. The van der Waals surface area contributed by atoms with Crippen molar-refractivity contribution in [2.45, 2.75) is 24.9 Å². The summed E-state index contributed by atoms with van der Waals surface area (Å²) in [7, 11) is -4.60. The van der Waals surface area contributed by atoms with Gasteiger partial charge in [-0.15, -0.1) is 0 Å². The van der Waals surface area contributed by atoms with E-state index in [1.54, 1.807) is 0 Å². The molecule has 3 atom stereocenters. The molecule has 13 heavy (non-hydrogen) atoms. The minimum Gasteiger partial charge on any atom is -0.394 e. The second-order valence-corrected chi connectivity index (χ2v) is 3.88. The number of aliphatic hydroxyl groups excluding tert-OH is 2. The molecule has 1 unspecified atom stereocenters. The molecule has 7 nitrogen and oxygen atoms in total. The Hall–Kier alpha value is -0.0100. The zero-order valence-electron chi connectivity index (χ0n) is 6.61. The van der Waals surface area contributed by atoms with Gasteiger partial charge in [0.1, 0.15) is 6.10 Å². The van der Waals surface area contributed by atoms with E-state index < -0.39 is 32.9 Å². The molecule has 1 aliphatic heterocycles. The van der Waals surface area contributed by atoms with Gasteiger partial charge in [0, 0.05) is 6.42 Å². The van der Waals surface area contributed by atoms with Crippen LogP contribution >= 0.6 is 7.82 Å². The largest absolute Gasteiger partial charge is 0.471 e. The van der Waals surface area contributed by atoms with Crippen LogP contribution in [0.25, 0.3) is 0 Å². The highest BCUT2D eigenvalue weighted by molar-refractivity contribution is 7.46. The summed E-state index contributed by atoms with van der Waals surface area (Å²) in [5, 5.41) is 17.8. The zero-order chi connectivity index (χ0) is 10.1. The van der Waals surface area contributed by atoms with Crippen LogP contribution in [0.4, 0.5) is 0 Å². The summed E-state index contributed by atoms with van der Waals surface area (Å²) in [6, 6.07) is 0. The Morgan fingerprint density at radius 1 is 1.54 bits per heavy atom. The van der Waals surface area contributed by atoms with Crippen molar-refractivity contribution in [2.24, 2.45) is 0 Å². The lowest BCUT2D eigenvalue weighted by molar-refractivity contribution is -0.102. The third-order valence-corrected chi connectivity index (χ3v) is 2.13. The van der Waals surface area contributed by atoms with E-state index in [0.29, 0.717) is 0 Å². The molecule has 78 valence electrons. The fourth-order valence-electron chi connectivity index (χ4n) is 1.08. The quantitative estimate of drug-likeness (QED) is 0.425. The van der Waals surface area contributed by atoms with Gasteiger partial charge in [0.25, 0.3) is 0 Å². The molecule has 0 radical (unpaired) electrons.